The lowest BCUT2D eigenvalue weighted by molar-refractivity contribution is -0.385. The summed E-state index contributed by atoms with van der Waals surface area (Å²) < 4.78 is 6.62. The van der Waals surface area contributed by atoms with Gasteiger partial charge in [0.25, 0.3) is 0 Å². The van der Waals surface area contributed by atoms with Crippen LogP contribution in [0.4, 0.5) is 11.5 Å². The summed E-state index contributed by atoms with van der Waals surface area (Å²) in [6.07, 6.45) is 2.42. The molecule has 1 fully saturated rings. The molecule has 1 aliphatic rings. The molecule has 1 saturated heterocycles. The number of morpholine rings is 1. The largest absolute Gasteiger partial charge is 0.379 e. The Morgan fingerprint density at radius 1 is 1.33 bits per heavy atom. The van der Waals surface area contributed by atoms with Gasteiger partial charge in [0.15, 0.2) is 0 Å². The average molecular weight is 375 g/mol. The lowest BCUT2D eigenvalue weighted by atomic mass is 10.0. The molecule has 0 aliphatic carbocycles. The Bertz CT molecular complexity index is 860. The maximum Gasteiger partial charge on any atom is 0.376 e. The van der Waals surface area contributed by atoms with E-state index in [4.69, 9.17) is 4.74 Å². The molecular formula is C18H25N5O4. The first-order valence-electron chi connectivity index (χ1n) is 9.19. The molecule has 2 aromatic heterocycles. The molecule has 3 heterocycles. The predicted molar refractivity (Wildman–Crippen MR) is 102 cm³/mol. The van der Waals surface area contributed by atoms with Crippen molar-refractivity contribution in [3.8, 4) is 0 Å². The number of anilines is 1. The van der Waals surface area contributed by atoms with Gasteiger partial charge >= 0.3 is 11.2 Å². The topological polar surface area (TPSA) is 102 Å². The number of pyridine rings is 1. The molecule has 0 bridgehead atoms. The first-order valence-corrected chi connectivity index (χ1v) is 9.19. The van der Waals surface area contributed by atoms with Crippen molar-refractivity contribution >= 4 is 17.2 Å². The van der Waals surface area contributed by atoms with Gasteiger partial charge in [0.1, 0.15) is 5.65 Å². The predicted octanol–water partition coefficient (Wildman–Crippen LogP) is 1.76. The van der Waals surface area contributed by atoms with Gasteiger partial charge in [0.2, 0.25) is 5.82 Å². The zero-order chi connectivity index (χ0) is 19.4. The number of nitrogens with zero attached hydrogens (tertiary/aromatic N) is 4. The fourth-order valence-electron chi connectivity index (χ4n) is 3.43. The highest BCUT2D eigenvalue weighted by molar-refractivity contribution is 5.59. The minimum absolute atomic E-state index is 0.0261. The van der Waals surface area contributed by atoms with E-state index >= 15 is 0 Å². The van der Waals surface area contributed by atoms with Gasteiger partial charge in [0.05, 0.1) is 18.1 Å². The second-order valence-electron chi connectivity index (χ2n) is 7.11. The molecule has 3 rings (SSSR count). The normalized spacial score (nSPS) is 16.6. The third kappa shape index (κ3) is 4.42. The van der Waals surface area contributed by atoms with Crippen LogP contribution in [0.15, 0.2) is 29.2 Å². The summed E-state index contributed by atoms with van der Waals surface area (Å²) in [5.74, 6) is 0.503. The molecule has 1 atom stereocenters. The van der Waals surface area contributed by atoms with Crippen molar-refractivity contribution in [1.82, 2.24) is 14.3 Å². The number of ether oxygens (including phenoxy) is 1. The first-order chi connectivity index (χ1) is 13.0. The third-order valence-electron chi connectivity index (χ3n) is 4.70. The van der Waals surface area contributed by atoms with Crippen LogP contribution in [0.25, 0.3) is 5.65 Å². The molecule has 146 valence electrons. The summed E-state index contributed by atoms with van der Waals surface area (Å²) in [5, 5.41) is 14.6. The summed E-state index contributed by atoms with van der Waals surface area (Å²) in [7, 11) is 0. The Morgan fingerprint density at radius 3 is 2.74 bits per heavy atom. The Hall–Kier alpha value is -2.52. The lowest BCUT2D eigenvalue weighted by Gasteiger charge is -2.35. The van der Waals surface area contributed by atoms with E-state index in [1.165, 1.54) is 10.6 Å². The minimum atomic E-state index is -0.681. The van der Waals surface area contributed by atoms with Crippen molar-refractivity contribution in [3.05, 3.63) is 44.9 Å². The summed E-state index contributed by atoms with van der Waals surface area (Å²) in [5.41, 5.74) is -0.828. The van der Waals surface area contributed by atoms with Crippen molar-refractivity contribution in [2.45, 2.75) is 26.3 Å². The van der Waals surface area contributed by atoms with Crippen LogP contribution in [0.3, 0.4) is 0 Å². The molecule has 1 aliphatic heterocycles. The van der Waals surface area contributed by atoms with Gasteiger partial charge in [-0.15, -0.1) is 0 Å². The van der Waals surface area contributed by atoms with Gasteiger partial charge in [-0.05, 0) is 24.5 Å². The number of hydrogen-bond acceptors (Lipinski definition) is 7. The molecule has 9 nitrogen and oxygen atoms in total. The standard InChI is InChI=1S/C18H25N5O4/c1-13(2)11-14(21-7-9-27-10-8-21)12-19-17-16(23(25)26)18(24)22-6-4-3-5-15(22)20-17/h3-6,13-14,19H,7-12H2,1-2H3. The molecule has 0 radical (unpaired) electrons. The van der Waals surface area contributed by atoms with E-state index in [-0.39, 0.29) is 11.9 Å². The van der Waals surface area contributed by atoms with Gasteiger partial charge in [-0.25, -0.2) is 4.98 Å². The van der Waals surface area contributed by atoms with Crippen LogP contribution in [-0.2, 0) is 4.74 Å². The SMILES string of the molecule is CC(C)CC(CNc1nc2ccccn2c(=O)c1[N+](=O)[O-])N1CCOCC1. The summed E-state index contributed by atoms with van der Waals surface area (Å²) >= 11 is 0. The number of hydrogen-bond donors (Lipinski definition) is 1. The van der Waals surface area contributed by atoms with Crippen molar-refractivity contribution in [2.75, 3.05) is 38.2 Å². The molecule has 0 aromatic carbocycles. The fourth-order valence-corrected chi connectivity index (χ4v) is 3.43. The molecule has 0 spiro atoms. The Kier molecular flexibility index (Phi) is 6.02. The van der Waals surface area contributed by atoms with Gasteiger partial charge in [-0.3, -0.25) is 24.2 Å². The molecule has 2 aromatic rings. The Balaban J connectivity index is 1.88. The molecule has 0 saturated carbocycles. The molecule has 1 N–H and O–H groups in total. The molecule has 27 heavy (non-hydrogen) atoms. The number of aromatic nitrogens is 2. The molecule has 1 unspecified atom stereocenters. The number of fused-ring (bicyclic) bond motifs is 1. The van der Waals surface area contributed by atoms with E-state index in [1.807, 2.05) is 0 Å². The average Bonchev–Trinajstić information content (AvgIpc) is 2.65. The van der Waals surface area contributed by atoms with Crippen LogP contribution in [0.5, 0.6) is 0 Å². The maximum absolute atomic E-state index is 12.5. The van der Waals surface area contributed by atoms with Crippen LogP contribution in [0.1, 0.15) is 20.3 Å². The smallest absolute Gasteiger partial charge is 0.376 e. The zero-order valence-corrected chi connectivity index (χ0v) is 15.6. The minimum Gasteiger partial charge on any atom is -0.379 e. The first kappa shape index (κ1) is 19.2. The Morgan fingerprint density at radius 2 is 2.07 bits per heavy atom. The zero-order valence-electron chi connectivity index (χ0n) is 15.6. The van der Waals surface area contributed by atoms with Gasteiger partial charge in [-0.2, -0.15) is 0 Å². The summed E-state index contributed by atoms with van der Waals surface area (Å²) in [6.45, 7) is 7.81. The molecule has 0 amide bonds. The second kappa shape index (κ2) is 8.45. The van der Waals surface area contributed by atoms with E-state index in [0.29, 0.717) is 31.3 Å². The highest BCUT2D eigenvalue weighted by atomic mass is 16.6. The van der Waals surface area contributed by atoms with Gasteiger partial charge < -0.3 is 10.1 Å². The monoisotopic (exact) mass is 375 g/mol. The van der Waals surface area contributed by atoms with E-state index < -0.39 is 16.2 Å². The molecule has 9 heteroatoms. The third-order valence-corrected chi connectivity index (χ3v) is 4.70. The van der Waals surface area contributed by atoms with Crippen molar-refractivity contribution in [3.63, 3.8) is 0 Å². The van der Waals surface area contributed by atoms with Crippen LogP contribution in [0, 0.1) is 16.0 Å². The molecular weight excluding hydrogens is 350 g/mol. The van der Waals surface area contributed by atoms with E-state index in [1.54, 1.807) is 18.2 Å². The van der Waals surface area contributed by atoms with Crippen LogP contribution in [0.2, 0.25) is 0 Å². The van der Waals surface area contributed by atoms with Crippen molar-refractivity contribution in [2.24, 2.45) is 5.92 Å². The van der Waals surface area contributed by atoms with E-state index in [9.17, 15) is 14.9 Å². The summed E-state index contributed by atoms with van der Waals surface area (Å²) in [4.78, 5) is 30.0. The number of nitrogens with one attached hydrogen (secondary N) is 1. The van der Waals surface area contributed by atoms with E-state index in [0.717, 1.165) is 19.5 Å². The summed E-state index contributed by atoms with van der Waals surface area (Å²) in [6, 6.07) is 5.23. The van der Waals surface area contributed by atoms with Crippen molar-refractivity contribution in [1.29, 1.82) is 0 Å². The van der Waals surface area contributed by atoms with Crippen LogP contribution >= 0.6 is 0 Å². The number of rotatable bonds is 7. The van der Waals surface area contributed by atoms with Crippen molar-refractivity contribution < 1.29 is 9.66 Å². The van der Waals surface area contributed by atoms with Gasteiger partial charge in [0, 0.05) is 31.9 Å². The highest BCUT2D eigenvalue weighted by Gasteiger charge is 2.26. The number of nitro groups is 1. The van der Waals surface area contributed by atoms with Gasteiger partial charge in [-0.1, -0.05) is 19.9 Å². The highest BCUT2D eigenvalue weighted by Crippen LogP contribution is 2.20. The van der Waals surface area contributed by atoms with Crippen LogP contribution in [-0.4, -0.2) is 58.1 Å². The Labute approximate surface area is 157 Å². The van der Waals surface area contributed by atoms with E-state index in [2.05, 4.69) is 29.0 Å². The fraction of sp³-hybridized carbons (Fsp3) is 0.556. The second-order valence-corrected chi connectivity index (χ2v) is 7.11. The van der Waals surface area contributed by atoms with Crippen LogP contribution < -0.4 is 10.9 Å². The lowest BCUT2D eigenvalue weighted by Crippen LogP contribution is -2.47. The maximum atomic E-state index is 12.5. The quantitative estimate of drug-likeness (QED) is 0.581.